The second-order valence-electron chi connectivity index (χ2n) is 31.6. The summed E-state index contributed by atoms with van der Waals surface area (Å²) in [6.45, 7) is 17.8. The van der Waals surface area contributed by atoms with Crippen LogP contribution in [0.1, 0.15) is 86.3 Å². The Balaban J connectivity index is 0.000000233. The number of H-pyrrole nitrogens is 1. The number of ether oxygens (including phenoxy) is 18. The molecular weight excluding hydrogens is 2010 g/mol. The molecule has 794 valence electrons. The molecule has 13 rings (SSSR count). The number of aldehydes is 1. The van der Waals surface area contributed by atoms with Crippen molar-refractivity contribution in [3.8, 4) is 28.5 Å². The number of nitro groups is 2. The van der Waals surface area contributed by atoms with Crippen LogP contribution in [0.3, 0.4) is 0 Å². The quantitative estimate of drug-likeness (QED) is 0.0100. The van der Waals surface area contributed by atoms with E-state index in [1.807, 2.05) is 111 Å². The normalized spacial score (nSPS) is 14.7. The summed E-state index contributed by atoms with van der Waals surface area (Å²) in [5.41, 5.74) is 7.03. The Kier molecular flexibility index (Phi) is 52.8. The van der Waals surface area contributed by atoms with Crippen molar-refractivity contribution in [3.05, 3.63) is 265 Å². The van der Waals surface area contributed by atoms with Gasteiger partial charge in [0, 0.05) is 53.4 Å². The first-order valence-corrected chi connectivity index (χ1v) is 52.6. The molecule has 0 unspecified atom stereocenters. The number of methoxy groups -OCH3 is 6. The molecule has 0 amide bonds. The fourth-order valence-electron chi connectivity index (χ4n) is 14.9. The van der Waals surface area contributed by atoms with E-state index in [9.17, 15) is 53.8 Å². The molecule has 3 aliphatic rings. The third-order valence-corrected chi connectivity index (χ3v) is 33.1. The maximum atomic E-state index is 12.2. The van der Waals surface area contributed by atoms with Crippen LogP contribution in [-0.2, 0) is 105 Å². The van der Waals surface area contributed by atoms with E-state index in [4.69, 9.17) is 94.1 Å². The number of rotatable bonds is 26. The second kappa shape index (κ2) is 65.0. The number of hydrogen-bond donors (Lipinski definition) is 1. The summed E-state index contributed by atoms with van der Waals surface area (Å²) in [4.78, 5) is 115. The van der Waals surface area contributed by atoms with E-state index in [0.29, 0.717) is 234 Å². The van der Waals surface area contributed by atoms with E-state index in [2.05, 4.69) is 61.6 Å². The number of nitrogens with zero attached hydrogens (tertiary/aromatic N) is 5. The van der Waals surface area contributed by atoms with Crippen molar-refractivity contribution in [2.45, 2.75) is 34.4 Å². The third kappa shape index (κ3) is 37.2. The Bertz CT molecular complexity index is 5700. The minimum absolute atomic E-state index is 0. The number of halogens is 1. The van der Waals surface area contributed by atoms with E-state index in [-0.39, 0.29) is 68.1 Å². The molecule has 0 spiro atoms. The van der Waals surface area contributed by atoms with Gasteiger partial charge < -0.3 is 114 Å². The number of nitrogens with one attached hydrogen (secondary N) is 1. The number of fused-ring (bicyclic) bond motifs is 4. The summed E-state index contributed by atoms with van der Waals surface area (Å²) >= 11 is 4.32. The molecule has 38 nitrogen and oxygen atoms in total. The van der Waals surface area contributed by atoms with Gasteiger partial charge in [-0.3, -0.25) is 29.3 Å². The molecule has 10 aromatic rings. The Morgan fingerprint density at radius 3 is 1.12 bits per heavy atom. The fourth-order valence-corrected chi connectivity index (χ4v) is 23.5. The Hall–Kier alpha value is -12.8. The summed E-state index contributed by atoms with van der Waals surface area (Å²) < 4.78 is 112. The summed E-state index contributed by atoms with van der Waals surface area (Å²) in [6, 6.07) is 62.5. The molecule has 0 saturated carbocycles. The van der Waals surface area contributed by atoms with Crippen molar-refractivity contribution in [3.63, 3.8) is 0 Å². The van der Waals surface area contributed by atoms with Crippen LogP contribution in [0.15, 0.2) is 206 Å². The van der Waals surface area contributed by atoms with Gasteiger partial charge >= 0.3 is 245 Å². The van der Waals surface area contributed by atoms with Crippen LogP contribution in [0.2, 0.25) is 0 Å². The van der Waals surface area contributed by atoms with Crippen molar-refractivity contribution >= 4 is 139 Å². The monoisotopic (exact) mass is 2140 g/mol. The number of aromatic amines is 1. The zero-order valence-corrected chi connectivity index (χ0v) is 86.7. The first-order valence-electron chi connectivity index (χ1n) is 47.1. The third-order valence-electron chi connectivity index (χ3n) is 22.1. The number of anilines is 3. The molecule has 0 atom stereocenters. The van der Waals surface area contributed by atoms with Gasteiger partial charge in [-0.15, -0.1) is 0 Å². The number of carbonyl (C=O) groups is 7. The van der Waals surface area contributed by atoms with Crippen LogP contribution >= 0.6 is 29.4 Å². The Labute approximate surface area is 864 Å². The van der Waals surface area contributed by atoms with E-state index >= 15 is 0 Å². The summed E-state index contributed by atoms with van der Waals surface area (Å²) in [6.07, 6.45) is 4.37. The molecule has 0 bridgehead atoms. The molecule has 9 aromatic carbocycles. The fraction of sp³-hybridized carbons (Fsp3) is 0.387. The van der Waals surface area contributed by atoms with Crippen LogP contribution in [0.4, 0.5) is 28.4 Å². The van der Waals surface area contributed by atoms with Crippen LogP contribution < -0.4 is 44.8 Å². The molecular formula is C106H131BrN6O32P2. The summed E-state index contributed by atoms with van der Waals surface area (Å²) in [7, 11) is 6.79. The van der Waals surface area contributed by atoms with Crippen molar-refractivity contribution in [2.24, 2.45) is 0 Å². The molecule has 0 aliphatic carbocycles. The number of benzene rings is 9. The molecule has 1 N–H and O–H groups in total. The first kappa shape index (κ1) is 119. The van der Waals surface area contributed by atoms with Gasteiger partial charge in [0.15, 0.2) is 0 Å². The number of hydrogen-bond acceptors (Lipinski definition) is 35. The SMILES string of the molecule is C.CCOP(OCC)OCC.COC(=O)CN1CCOCCOCCOCCOc2cc(-c3cc4ccc(C(=O)OC)cc4[nH]3)ccc21.COC(=O)CN1CCOCCOCCOCCOc2cc(/C=C/c3ccc(C(=O)OC)cc3[N+](=O)[O-])ccc21.COC(=O)CN1CCOCCOCCOCCOc2cc(C=O)ccc21.COC(=O)c1ccc(CP(Br)(c2ccccc2)(c2ccccc2)c2ccccc2)c([N+](=O)[O-])c1. The first-order chi connectivity index (χ1) is 71.0. The average molecular weight is 2140 g/mol. The van der Waals surface area contributed by atoms with E-state index in [1.54, 1.807) is 82.6 Å². The zero-order valence-electron chi connectivity index (χ0n) is 83.4. The molecule has 0 saturated heterocycles. The number of aromatic nitrogens is 1. The molecule has 41 heteroatoms. The van der Waals surface area contributed by atoms with Gasteiger partial charge in [-0.05, 0) is 105 Å². The van der Waals surface area contributed by atoms with Gasteiger partial charge in [0.1, 0.15) is 63.0 Å². The number of esters is 6. The molecule has 0 radical (unpaired) electrons. The molecule has 0 fully saturated rings. The van der Waals surface area contributed by atoms with Gasteiger partial charge in [0.25, 0.3) is 5.69 Å². The van der Waals surface area contributed by atoms with Crippen molar-refractivity contribution < 1.29 is 142 Å². The Morgan fingerprint density at radius 1 is 0.395 bits per heavy atom. The van der Waals surface area contributed by atoms with Crippen LogP contribution in [0.25, 0.3) is 34.3 Å². The van der Waals surface area contributed by atoms with Crippen LogP contribution in [-0.4, -0.2) is 297 Å². The molecule has 4 heterocycles. The second-order valence-corrected chi connectivity index (χ2v) is 41.7. The van der Waals surface area contributed by atoms with Crippen molar-refractivity contribution in [1.82, 2.24) is 4.98 Å². The van der Waals surface area contributed by atoms with Crippen LogP contribution in [0, 0.1) is 20.2 Å². The maximum absolute atomic E-state index is 12.2. The topological polar surface area (TPSA) is 425 Å². The van der Waals surface area contributed by atoms with Gasteiger partial charge in [0.2, 0.25) is 0 Å². The van der Waals surface area contributed by atoms with Gasteiger partial charge in [-0.2, -0.15) is 0 Å². The average Bonchev–Trinajstić information content (AvgIpc) is 1.01. The van der Waals surface area contributed by atoms with Crippen molar-refractivity contribution in [1.29, 1.82) is 0 Å². The van der Waals surface area contributed by atoms with Gasteiger partial charge in [-0.1, -0.05) is 31.7 Å². The summed E-state index contributed by atoms with van der Waals surface area (Å²) in [5.74, 6) is -1.22. The van der Waals surface area contributed by atoms with Gasteiger partial charge in [0.05, 0.1) is 213 Å². The number of carbonyl (C=O) groups excluding carboxylic acids is 7. The van der Waals surface area contributed by atoms with E-state index in [0.717, 1.165) is 50.0 Å². The number of nitro benzene ring substituents is 2. The predicted octanol–water partition coefficient (Wildman–Crippen LogP) is 15.6. The Morgan fingerprint density at radius 2 is 0.741 bits per heavy atom. The van der Waals surface area contributed by atoms with Crippen molar-refractivity contribution in [2.75, 3.05) is 255 Å². The molecule has 1 aromatic heterocycles. The molecule has 147 heavy (non-hydrogen) atoms. The predicted molar refractivity (Wildman–Crippen MR) is 564 cm³/mol. The minimum atomic E-state index is -3.43. The van der Waals surface area contributed by atoms with E-state index in [1.165, 1.54) is 66.9 Å². The molecule has 3 aliphatic heterocycles. The standard InChI is InChI=1S/C27H23BrNO4P.C27H32N2O10.C27H32N2O8.C18H25NO7.C6H15O3P.CH4/c1-33-27(30)21-17-18-22(26(19-21)29(31)32)20-34(28,23-11-5-2-6-12-23,24-13-7-3-8-14-24)25-15-9-4-10-16-25;1-34-26(30)19-28-9-10-36-11-12-37-13-14-38-15-16-39-25-17-20(4-8-23(25)28)3-5-21-6-7-22(27(31)35-2)18-24(21)29(32)33;1-32-26(30)18-29-7-8-34-9-10-35-11-12-36-13-14-37-25-17-20(5-6-24(25)29)22-15-19-3-4-21(27(31)33-2)16-23(19)28-22;1-22-18(21)13-19-4-5-23-6-7-24-8-9-25-10-11-26-17-12-15(14-20)2-3-16(17)19;1-4-7-10(8-5-2)9-6-3;/h2-19H,20H2,1H3;3-8,17-18H,9-16,19H2,1-2H3;3-6,15-17,28H,7-14,18H2,1-2H3;2-3,12,14H,4-11,13H2,1H3;4-6H2,1-3H3;1H4/b;5-3+;;;;. The summed E-state index contributed by atoms with van der Waals surface area (Å²) in [5, 5.41) is 24.4. The van der Waals surface area contributed by atoms with Gasteiger partial charge in [-0.25, -0.2) is 9.59 Å². The van der Waals surface area contributed by atoms with E-state index < -0.39 is 47.6 Å². The van der Waals surface area contributed by atoms with Crippen LogP contribution in [0.5, 0.6) is 17.2 Å². The zero-order chi connectivity index (χ0) is 105.